The fourth-order valence-electron chi connectivity index (χ4n) is 5.18. The zero-order valence-electron chi connectivity index (χ0n) is 23.1. The van der Waals surface area contributed by atoms with Crippen molar-refractivity contribution >= 4 is 36.1 Å². The molecule has 0 bridgehead atoms. The van der Waals surface area contributed by atoms with E-state index in [1.807, 2.05) is 6.07 Å². The van der Waals surface area contributed by atoms with Crippen molar-refractivity contribution in [3.05, 3.63) is 87.6 Å². The van der Waals surface area contributed by atoms with Crippen LogP contribution in [0, 0.1) is 6.92 Å². The first-order valence-corrected chi connectivity index (χ1v) is 16.0. The molecule has 4 nitrogen and oxygen atoms in total. The first kappa shape index (κ1) is 25.9. The summed E-state index contributed by atoms with van der Waals surface area (Å²) in [5.74, 6) is 0.00201. The van der Waals surface area contributed by atoms with Crippen molar-refractivity contribution in [2.45, 2.75) is 39.8 Å². The highest BCUT2D eigenvalue weighted by Crippen LogP contribution is 2.42. The average Bonchev–Trinajstić information content (AvgIpc) is 2.84. The minimum Gasteiger partial charge on any atom is -0.378 e. The van der Waals surface area contributed by atoms with E-state index in [-0.39, 0.29) is 5.91 Å². The van der Waals surface area contributed by atoms with E-state index in [4.69, 9.17) is 0 Å². The van der Waals surface area contributed by atoms with Gasteiger partial charge in [0, 0.05) is 44.0 Å². The number of fused-ring (bicyclic) bond motifs is 2. The number of nitrogens with zero attached hydrogens (tertiary/aromatic N) is 2. The molecule has 4 rings (SSSR count). The molecule has 0 aromatic heterocycles. The number of carbonyl (C=O) groups excluding carboxylic acids is 1. The molecule has 1 aliphatic heterocycles. The molecular weight excluding hydrogens is 458 g/mol. The van der Waals surface area contributed by atoms with Crippen LogP contribution in [-0.4, -0.2) is 59.0 Å². The second kappa shape index (κ2) is 10.1. The summed E-state index contributed by atoms with van der Waals surface area (Å²) in [5, 5.41) is 5.99. The number of aryl methyl sites for hydroxylation is 1. The van der Waals surface area contributed by atoms with Gasteiger partial charge in [-0.3, -0.25) is 4.79 Å². The van der Waals surface area contributed by atoms with Crippen molar-refractivity contribution in [2.24, 2.45) is 0 Å². The zero-order chi connectivity index (χ0) is 26.2. The summed E-state index contributed by atoms with van der Waals surface area (Å²) in [6.07, 6.45) is 8.97. The summed E-state index contributed by atoms with van der Waals surface area (Å²) >= 11 is 0. The molecule has 1 aliphatic carbocycles. The van der Waals surface area contributed by atoms with Crippen molar-refractivity contribution < 1.29 is 9.37 Å². The van der Waals surface area contributed by atoms with Crippen molar-refractivity contribution in [3.63, 3.8) is 0 Å². The Labute approximate surface area is 217 Å². The molecule has 0 fully saturated rings. The average molecular weight is 499 g/mol. The van der Waals surface area contributed by atoms with E-state index in [0.29, 0.717) is 6.54 Å². The predicted molar refractivity (Wildman–Crippen MR) is 157 cm³/mol. The number of allylic oxidation sites excluding steroid dienone is 5. The number of hydrogen-bond donors (Lipinski definition) is 1. The lowest BCUT2D eigenvalue weighted by molar-refractivity contribution is -0.462. The van der Waals surface area contributed by atoms with Gasteiger partial charge >= 0.3 is 0 Å². The summed E-state index contributed by atoms with van der Waals surface area (Å²) < 4.78 is 2.18. The zero-order valence-corrected chi connectivity index (χ0v) is 24.1. The molecule has 0 saturated carbocycles. The van der Waals surface area contributed by atoms with Gasteiger partial charge in [0.05, 0.1) is 0 Å². The molecule has 5 heteroatoms. The first-order chi connectivity index (χ1) is 17.1. The van der Waals surface area contributed by atoms with E-state index >= 15 is 0 Å². The third-order valence-electron chi connectivity index (χ3n) is 7.51. The monoisotopic (exact) mass is 498 g/mol. The van der Waals surface area contributed by atoms with Crippen molar-refractivity contribution in [3.8, 4) is 0 Å². The second-order valence-electron chi connectivity index (χ2n) is 10.9. The Hall–Kier alpha value is -3.18. The Morgan fingerprint density at radius 3 is 2.44 bits per heavy atom. The number of hydrogen-bond acceptors (Lipinski definition) is 2. The first-order valence-electron chi connectivity index (χ1n) is 13.0. The Bertz CT molecular complexity index is 1340. The van der Waals surface area contributed by atoms with Gasteiger partial charge in [-0.05, 0) is 81.9 Å². The molecule has 0 saturated heterocycles. The fraction of sp³-hybridized carbons (Fsp3) is 0.355. The highest BCUT2D eigenvalue weighted by Gasteiger charge is 2.40. The minimum atomic E-state index is -1.99. The van der Waals surface area contributed by atoms with Crippen LogP contribution in [0.2, 0.25) is 13.1 Å². The van der Waals surface area contributed by atoms with Gasteiger partial charge in [0.1, 0.15) is 22.2 Å². The highest BCUT2D eigenvalue weighted by molar-refractivity contribution is 6.98. The van der Waals surface area contributed by atoms with Crippen LogP contribution in [0.4, 0.5) is 5.69 Å². The van der Waals surface area contributed by atoms with E-state index in [0.717, 1.165) is 24.0 Å². The maximum Gasteiger partial charge on any atom is 0.251 e. The Kier molecular flexibility index (Phi) is 7.23. The number of carbonyl (C=O) groups is 1. The van der Waals surface area contributed by atoms with Crippen molar-refractivity contribution in [2.75, 3.05) is 39.6 Å². The molecule has 188 valence electrons. The third kappa shape index (κ3) is 4.64. The van der Waals surface area contributed by atoms with Crippen LogP contribution in [0.5, 0.6) is 0 Å². The molecule has 0 spiro atoms. The summed E-state index contributed by atoms with van der Waals surface area (Å²) in [4.78, 5) is 15.2. The SMILES string of the molecule is CCCCNC(=O)c1ccc(C)c(C2=C3C=CC(=[N+](C)C)C=C3[Si](C)(C)c3cc(N(C)C)ccc32)c1. The summed E-state index contributed by atoms with van der Waals surface area (Å²) in [6, 6.07) is 13.1. The van der Waals surface area contributed by atoms with Crippen molar-refractivity contribution in [1.29, 1.82) is 0 Å². The van der Waals surface area contributed by atoms with Crippen LogP contribution in [0.15, 0.2) is 65.4 Å². The lowest BCUT2D eigenvalue weighted by atomic mass is 9.86. The summed E-state index contributed by atoms with van der Waals surface area (Å²) in [5.41, 5.74) is 9.33. The van der Waals surface area contributed by atoms with E-state index in [9.17, 15) is 4.79 Å². The van der Waals surface area contributed by atoms with Gasteiger partial charge in [0.15, 0.2) is 5.71 Å². The summed E-state index contributed by atoms with van der Waals surface area (Å²) in [6.45, 7) is 9.93. The molecule has 1 amide bonds. The molecule has 2 aromatic rings. The molecular formula is C31H40N3OSi+. The molecule has 2 aliphatic rings. The van der Waals surface area contributed by atoms with Crippen molar-refractivity contribution in [1.82, 2.24) is 5.32 Å². The van der Waals surface area contributed by atoms with Crippen LogP contribution in [0.25, 0.3) is 5.57 Å². The predicted octanol–water partition coefficient (Wildman–Crippen LogP) is 5.07. The quantitative estimate of drug-likeness (QED) is 0.343. The van der Waals surface area contributed by atoms with E-state index in [1.54, 1.807) is 0 Å². The van der Waals surface area contributed by atoms with Gasteiger partial charge in [-0.25, -0.2) is 4.58 Å². The second-order valence-corrected chi connectivity index (χ2v) is 15.2. The van der Waals surface area contributed by atoms with E-state index in [1.165, 1.54) is 44.1 Å². The highest BCUT2D eigenvalue weighted by atomic mass is 28.3. The lowest BCUT2D eigenvalue weighted by Crippen LogP contribution is -2.49. The van der Waals surface area contributed by atoms with E-state index < -0.39 is 8.07 Å². The van der Waals surface area contributed by atoms with Gasteiger partial charge in [-0.15, -0.1) is 0 Å². The Balaban J connectivity index is 1.98. The fourth-order valence-corrected chi connectivity index (χ4v) is 8.26. The van der Waals surface area contributed by atoms with Crippen LogP contribution >= 0.6 is 0 Å². The molecule has 2 aromatic carbocycles. The summed E-state index contributed by atoms with van der Waals surface area (Å²) in [7, 11) is 6.43. The molecule has 0 radical (unpaired) electrons. The van der Waals surface area contributed by atoms with Crippen LogP contribution in [0.3, 0.4) is 0 Å². The van der Waals surface area contributed by atoms with Gasteiger partial charge in [0.25, 0.3) is 5.91 Å². The smallest absolute Gasteiger partial charge is 0.251 e. The lowest BCUT2D eigenvalue weighted by Gasteiger charge is -2.38. The molecule has 1 N–H and O–H groups in total. The van der Waals surface area contributed by atoms with Gasteiger partial charge in [-0.2, -0.15) is 0 Å². The largest absolute Gasteiger partial charge is 0.378 e. The van der Waals surface area contributed by atoms with Crippen LogP contribution < -0.4 is 15.4 Å². The molecule has 0 atom stereocenters. The molecule has 1 heterocycles. The topological polar surface area (TPSA) is 35.4 Å². The van der Waals surface area contributed by atoms with Gasteiger partial charge in [0.2, 0.25) is 0 Å². The number of amides is 1. The van der Waals surface area contributed by atoms with Crippen LogP contribution in [-0.2, 0) is 0 Å². The standard InChI is InChI=1S/C31H39N3OSi/c1-9-10-17-32-31(35)22-12-11-21(2)27(18-22)30-25-15-13-23(33(3)4)19-28(25)36(7,8)29-20-24(34(5)6)14-16-26(29)30/h11-16,18-20H,9-10,17H2,1-8H3/p+1. The Morgan fingerprint density at radius 2 is 1.78 bits per heavy atom. The Morgan fingerprint density at radius 1 is 1.03 bits per heavy atom. The minimum absolute atomic E-state index is 0.00201. The maximum atomic E-state index is 13.0. The van der Waals surface area contributed by atoms with Gasteiger partial charge < -0.3 is 10.2 Å². The number of benzene rings is 2. The third-order valence-corrected chi connectivity index (χ3v) is 11.0. The normalized spacial score (nSPS) is 15.8. The van der Waals surface area contributed by atoms with Gasteiger partial charge in [-0.1, -0.05) is 38.6 Å². The maximum absolute atomic E-state index is 13.0. The number of unbranched alkanes of at least 4 members (excludes halogenated alkanes) is 1. The molecule has 36 heavy (non-hydrogen) atoms. The number of nitrogens with one attached hydrogen (secondary N) is 1. The number of rotatable bonds is 6. The molecule has 0 unspecified atom stereocenters. The number of anilines is 1. The van der Waals surface area contributed by atoms with E-state index in [2.05, 4.69) is 118 Å². The van der Waals surface area contributed by atoms with Crippen LogP contribution in [0.1, 0.15) is 46.8 Å².